The van der Waals surface area contributed by atoms with E-state index in [1.165, 1.54) is 58.0 Å². The molecule has 2 aromatic rings. The normalized spacial score (nSPS) is 10.9. The Morgan fingerprint density at radius 3 is 1.61 bits per heavy atom. The summed E-state index contributed by atoms with van der Waals surface area (Å²) in [6.07, 6.45) is 8.55. The van der Waals surface area contributed by atoms with E-state index in [-0.39, 0.29) is 44.2 Å². The minimum absolute atomic E-state index is 0.0196. The maximum atomic E-state index is 12.8. The van der Waals surface area contributed by atoms with Crippen molar-refractivity contribution in [2.75, 3.05) is 73.7 Å². The van der Waals surface area contributed by atoms with Crippen molar-refractivity contribution in [2.24, 2.45) is 5.41 Å². The first-order valence-electron chi connectivity index (χ1n) is 20.9. The molecule has 0 fully saturated rings. The number of hydrogen-bond acceptors (Lipinski definition) is 15. The van der Waals surface area contributed by atoms with E-state index >= 15 is 0 Å². The Bertz CT molecular complexity index is 1780. The Kier molecular flexibility index (Phi) is 24.5. The van der Waals surface area contributed by atoms with Crippen LogP contribution in [0.3, 0.4) is 0 Å². The summed E-state index contributed by atoms with van der Waals surface area (Å²) >= 11 is 0. The van der Waals surface area contributed by atoms with E-state index in [1.807, 2.05) is 12.1 Å². The molecule has 0 bridgehead atoms. The third kappa shape index (κ3) is 19.0. The van der Waals surface area contributed by atoms with Crippen molar-refractivity contribution in [2.45, 2.75) is 85.5 Å². The molecule has 2 rings (SSSR count). The Morgan fingerprint density at radius 2 is 1.06 bits per heavy atom. The molecule has 0 aliphatic rings. The molecule has 0 aliphatic carbocycles. The van der Waals surface area contributed by atoms with Crippen LogP contribution in [0.15, 0.2) is 60.7 Å². The Morgan fingerprint density at radius 1 is 0.532 bits per heavy atom. The van der Waals surface area contributed by atoms with Gasteiger partial charge in [-0.3, -0.25) is 0 Å². The Labute approximate surface area is 365 Å². The van der Waals surface area contributed by atoms with Gasteiger partial charge >= 0.3 is 35.8 Å². The van der Waals surface area contributed by atoms with Crippen molar-refractivity contribution in [3.05, 3.63) is 77.4 Å². The van der Waals surface area contributed by atoms with E-state index in [0.29, 0.717) is 24.2 Å². The summed E-state index contributed by atoms with van der Waals surface area (Å²) in [5.41, 5.74) is 3.71. The number of benzene rings is 2. The molecular formula is C47H64O15. The smallest absolute Gasteiger partial charge is 0.417 e. The maximum absolute atomic E-state index is 12.8. The molecule has 15 nitrogen and oxygen atoms in total. The van der Waals surface area contributed by atoms with Crippen LogP contribution < -0.4 is 4.74 Å². The molecule has 15 heteroatoms. The molecular weight excluding hydrogens is 805 g/mol. The lowest BCUT2D eigenvalue weighted by Gasteiger charge is -2.32. The van der Waals surface area contributed by atoms with E-state index in [1.54, 1.807) is 13.0 Å². The van der Waals surface area contributed by atoms with E-state index in [2.05, 4.69) is 45.2 Å². The predicted octanol–water partition coefficient (Wildman–Crippen LogP) is 6.43. The second kappa shape index (κ2) is 28.9. The first kappa shape index (κ1) is 52.6. The molecule has 0 aromatic heterocycles. The lowest BCUT2D eigenvalue weighted by Crippen LogP contribution is -2.45. The van der Waals surface area contributed by atoms with Gasteiger partial charge in [0.15, 0.2) is 0 Å². The predicted molar refractivity (Wildman–Crippen MR) is 229 cm³/mol. The molecule has 62 heavy (non-hydrogen) atoms. The number of ether oxygens (including phenoxy) is 9. The minimum Gasteiger partial charge on any atom is -0.492 e. The first-order valence-corrected chi connectivity index (χ1v) is 20.9. The van der Waals surface area contributed by atoms with Crippen LogP contribution in [0.25, 0.3) is 11.1 Å². The van der Waals surface area contributed by atoms with E-state index in [9.17, 15) is 28.8 Å². The lowest BCUT2D eigenvalue weighted by molar-refractivity contribution is -0.179. The van der Waals surface area contributed by atoms with E-state index < -0.39 is 67.7 Å². The number of methoxy groups -OCH3 is 2. The minimum atomic E-state index is -1.72. The average Bonchev–Trinajstić information content (AvgIpc) is 3.26. The zero-order valence-corrected chi connectivity index (χ0v) is 37.2. The second-order valence-corrected chi connectivity index (χ2v) is 14.9. The summed E-state index contributed by atoms with van der Waals surface area (Å²) in [5, 5.41) is 0. The molecule has 0 saturated carbocycles. The van der Waals surface area contributed by atoms with Gasteiger partial charge in [0.2, 0.25) is 0 Å². The summed E-state index contributed by atoms with van der Waals surface area (Å²) in [4.78, 5) is 75.2. The highest BCUT2D eigenvalue weighted by molar-refractivity contribution is 6.30. The molecule has 2 aromatic carbocycles. The highest BCUT2D eigenvalue weighted by Crippen LogP contribution is 2.33. The van der Waals surface area contributed by atoms with Crippen molar-refractivity contribution in [1.82, 2.24) is 0 Å². The largest absolute Gasteiger partial charge is 0.492 e. The first-order chi connectivity index (χ1) is 29.7. The van der Waals surface area contributed by atoms with Crippen molar-refractivity contribution < 1.29 is 71.4 Å². The molecule has 0 unspecified atom stereocenters. The summed E-state index contributed by atoms with van der Waals surface area (Å²) in [5.74, 6) is -6.44. The number of carbonyl (C=O) groups is 6. The van der Waals surface area contributed by atoms with Crippen LogP contribution in [0.4, 0.5) is 0 Å². The maximum Gasteiger partial charge on any atom is 0.417 e. The van der Waals surface area contributed by atoms with Gasteiger partial charge in [-0.1, -0.05) is 77.0 Å². The van der Waals surface area contributed by atoms with Gasteiger partial charge in [0.05, 0.1) is 19.8 Å². The number of aryl methyl sites for hydroxylation is 3. The third-order valence-electron chi connectivity index (χ3n) is 9.45. The zero-order valence-electron chi connectivity index (χ0n) is 37.2. The Hall–Kier alpha value is -5.54. The monoisotopic (exact) mass is 868 g/mol. The van der Waals surface area contributed by atoms with Gasteiger partial charge in [0.25, 0.3) is 0 Å². The number of carbonyl (C=O) groups excluding carboxylic acids is 6. The fourth-order valence-corrected chi connectivity index (χ4v) is 5.87. The molecule has 342 valence electrons. The summed E-state index contributed by atoms with van der Waals surface area (Å²) in [6, 6.07) is 12.2. The molecule has 0 saturated heterocycles. The van der Waals surface area contributed by atoms with Gasteiger partial charge in [-0.15, -0.1) is 0 Å². The van der Waals surface area contributed by atoms with Gasteiger partial charge in [-0.05, 0) is 85.9 Å². The van der Waals surface area contributed by atoms with Crippen LogP contribution in [0, 0.1) is 5.41 Å². The summed E-state index contributed by atoms with van der Waals surface area (Å²) in [7, 11) is 2.77. The molecule has 0 atom stereocenters. The lowest BCUT2D eigenvalue weighted by atomic mass is 9.91. The second-order valence-electron chi connectivity index (χ2n) is 14.9. The molecule has 0 aliphatic heterocycles. The molecule has 0 N–H and O–H groups in total. The van der Waals surface area contributed by atoms with Crippen LogP contribution >= 0.6 is 0 Å². The van der Waals surface area contributed by atoms with E-state index in [4.69, 9.17) is 42.6 Å². The van der Waals surface area contributed by atoms with Crippen LogP contribution in [0.5, 0.6) is 5.75 Å². The number of unbranched alkanes of at least 4 members (excludes halogenated alkanes) is 4. The van der Waals surface area contributed by atoms with Crippen molar-refractivity contribution >= 4 is 35.8 Å². The van der Waals surface area contributed by atoms with Gasteiger partial charge in [0.1, 0.15) is 50.8 Å². The van der Waals surface area contributed by atoms with Gasteiger partial charge in [-0.2, -0.15) is 0 Å². The fraction of sp³-hybridized carbons (Fsp3) is 0.532. The van der Waals surface area contributed by atoms with Gasteiger partial charge in [0, 0.05) is 25.4 Å². The van der Waals surface area contributed by atoms with Gasteiger partial charge in [-0.25, -0.2) is 28.8 Å². The molecule has 0 radical (unpaired) electrons. The van der Waals surface area contributed by atoms with Crippen molar-refractivity contribution in [1.29, 1.82) is 0 Å². The zero-order chi connectivity index (χ0) is 45.9. The standard InChI is InChI=1S/C47H64O15/c1-9-11-12-13-14-16-35-18-20-39(36(10-2)27-35)37-19-21-40(38(28-37)17-15-22-56-41(48)33(3)4)59-29-47(30-60-42(49)34(5)6,31-61-45(52)43(50)57-25-23-54-7)32-62-46(53)44(51)58-26-24-55-8/h18-21,27-28H,3,5,9-17,22-26,29-32H2,1-2,4,6-8H3. The van der Waals surface area contributed by atoms with Crippen LogP contribution in [0.2, 0.25) is 0 Å². The van der Waals surface area contributed by atoms with Crippen LogP contribution in [-0.2, 0) is 85.9 Å². The van der Waals surface area contributed by atoms with Gasteiger partial charge < -0.3 is 42.6 Å². The molecule has 0 spiro atoms. The molecule has 0 heterocycles. The topological polar surface area (TPSA) is 185 Å². The number of esters is 6. The van der Waals surface area contributed by atoms with Crippen molar-refractivity contribution in [3.8, 4) is 16.9 Å². The SMILES string of the molecule is C=C(C)C(=O)OCCCc1cc(-c2ccc(CCCCCCC)cc2CC)ccc1OCC(COC(=O)C(=C)C)(COC(=O)C(=O)OCCOC)COC(=O)C(=O)OCCOC. The molecule has 0 amide bonds. The van der Waals surface area contributed by atoms with E-state index in [0.717, 1.165) is 30.4 Å². The number of rotatable bonds is 29. The highest BCUT2D eigenvalue weighted by atomic mass is 16.6. The summed E-state index contributed by atoms with van der Waals surface area (Å²) in [6.45, 7) is 11.7. The number of hydrogen-bond donors (Lipinski definition) is 0. The quantitative estimate of drug-likeness (QED) is 0.0286. The Balaban J connectivity index is 2.57. The van der Waals surface area contributed by atoms with Crippen LogP contribution in [0.1, 0.15) is 82.9 Å². The third-order valence-corrected chi connectivity index (χ3v) is 9.45. The average molecular weight is 869 g/mol. The van der Waals surface area contributed by atoms with Crippen molar-refractivity contribution in [3.63, 3.8) is 0 Å². The highest BCUT2D eigenvalue weighted by Gasteiger charge is 2.39. The van der Waals surface area contributed by atoms with Crippen LogP contribution in [-0.4, -0.2) is 109 Å². The summed E-state index contributed by atoms with van der Waals surface area (Å²) < 4.78 is 47.4. The fourth-order valence-electron chi connectivity index (χ4n) is 5.87.